The zero-order chi connectivity index (χ0) is 14.4. The van der Waals surface area contributed by atoms with Crippen molar-refractivity contribution in [3.8, 4) is 0 Å². The maximum atomic E-state index is 8.66. The lowest BCUT2D eigenvalue weighted by molar-refractivity contribution is 0.317. The number of oxime groups is 1. The molecule has 0 atom stereocenters. The van der Waals surface area contributed by atoms with E-state index in [2.05, 4.69) is 15.1 Å². The molecule has 0 unspecified atom stereocenters. The van der Waals surface area contributed by atoms with Crippen molar-refractivity contribution in [1.82, 2.24) is 9.97 Å². The van der Waals surface area contributed by atoms with Crippen molar-refractivity contribution in [1.29, 1.82) is 0 Å². The van der Waals surface area contributed by atoms with E-state index < -0.39 is 0 Å². The molecule has 20 heavy (non-hydrogen) atoms. The number of rotatable bonds is 5. The lowest BCUT2D eigenvalue weighted by Gasteiger charge is -2.24. The monoisotopic (exact) mass is 271 g/mol. The van der Waals surface area contributed by atoms with Gasteiger partial charge in [-0.1, -0.05) is 23.4 Å². The minimum atomic E-state index is 0.187. The normalized spacial score (nSPS) is 11.3. The highest BCUT2D eigenvalue weighted by Gasteiger charge is 2.13. The van der Waals surface area contributed by atoms with Crippen LogP contribution in [0.5, 0.6) is 0 Å². The Morgan fingerprint density at radius 1 is 1.25 bits per heavy atom. The van der Waals surface area contributed by atoms with E-state index in [1.165, 1.54) is 0 Å². The van der Waals surface area contributed by atoms with Crippen LogP contribution in [0.2, 0.25) is 0 Å². The second-order valence-corrected chi connectivity index (χ2v) is 4.29. The van der Waals surface area contributed by atoms with Gasteiger partial charge in [-0.15, -0.1) is 0 Å². The van der Waals surface area contributed by atoms with E-state index in [9.17, 15) is 0 Å². The minimum Gasteiger partial charge on any atom is -0.409 e. The average Bonchev–Trinajstić information content (AvgIpc) is 2.50. The van der Waals surface area contributed by atoms with E-state index in [0.29, 0.717) is 13.0 Å². The van der Waals surface area contributed by atoms with Gasteiger partial charge in [-0.2, -0.15) is 0 Å². The molecule has 0 radical (unpaired) electrons. The smallest absolute Gasteiger partial charge is 0.154 e. The molecule has 0 fully saturated rings. The number of para-hydroxylation sites is 1. The first-order valence-electron chi connectivity index (χ1n) is 6.29. The summed E-state index contributed by atoms with van der Waals surface area (Å²) in [6.07, 6.45) is 3.74. The number of benzene rings is 1. The Bertz CT molecular complexity index is 585. The summed E-state index contributed by atoms with van der Waals surface area (Å²) in [5, 5.41) is 11.7. The molecule has 0 bridgehead atoms. The molecule has 6 heteroatoms. The number of nitrogens with two attached hydrogens (primary N) is 1. The molecular formula is C14H17N5O. The van der Waals surface area contributed by atoms with Gasteiger partial charge in [0.25, 0.3) is 0 Å². The van der Waals surface area contributed by atoms with Gasteiger partial charge in [0.05, 0.1) is 5.69 Å². The molecule has 0 spiro atoms. The maximum Gasteiger partial charge on any atom is 0.154 e. The van der Waals surface area contributed by atoms with Crippen LogP contribution < -0.4 is 10.6 Å². The number of amidine groups is 1. The first-order chi connectivity index (χ1) is 9.72. The zero-order valence-corrected chi connectivity index (χ0v) is 11.3. The first-order valence-corrected chi connectivity index (χ1v) is 6.29. The highest BCUT2D eigenvalue weighted by Crippen LogP contribution is 2.24. The molecule has 1 aromatic heterocycles. The summed E-state index contributed by atoms with van der Waals surface area (Å²) in [5.41, 5.74) is 7.37. The van der Waals surface area contributed by atoms with Crippen LogP contribution in [0, 0.1) is 6.92 Å². The standard InChI is InChI=1S/C14H17N5O/c1-11-14(17-9-8-16-11)19(10-7-13(15)18-20)12-5-3-2-4-6-12/h2-6,8-9,20H,7,10H2,1H3,(H2,15,18). The Morgan fingerprint density at radius 3 is 2.60 bits per heavy atom. The molecule has 2 rings (SSSR count). The van der Waals surface area contributed by atoms with E-state index in [1.807, 2.05) is 42.2 Å². The Labute approximate surface area is 117 Å². The fourth-order valence-electron chi connectivity index (χ4n) is 1.91. The van der Waals surface area contributed by atoms with Crippen LogP contribution in [0.15, 0.2) is 47.9 Å². The lowest BCUT2D eigenvalue weighted by Crippen LogP contribution is -2.25. The Kier molecular flexibility index (Phi) is 4.49. The lowest BCUT2D eigenvalue weighted by atomic mass is 10.2. The van der Waals surface area contributed by atoms with E-state index in [-0.39, 0.29) is 5.84 Å². The van der Waals surface area contributed by atoms with Crippen molar-refractivity contribution in [3.63, 3.8) is 0 Å². The molecule has 0 amide bonds. The van der Waals surface area contributed by atoms with Crippen LogP contribution in [-0.2, 0) is 0 Å². The molecule has 104 valence electrons. The zero-order valence-electron chi connectivity index (χ0n) is 11.3. The molecule has 0 aliphatic carbocycles. The van der Waals surface area contributed by atoms with Gasteiger partial charge in [-0.3, -0.25) is 4.98 Å². The largest absolute Gasteiger partial charge is 0.409 e. The second kappa shape index (κ2) is 6.51. The van der Waals surface area contributed by atoms with Crippen molar-refractivity contribution in [2.24, 2.45) is 10.9 Å². The van der Waals surface area contributed by atoms with Crippen LogP contribution in [0.4, 0.5) is 11.5 Å². The Morgan fingerprint density at radius 2 is 1.95 bits per heavy atom. The quantitative estimate of drug-likeness (QED) is 0.376. The van der Waals surface area contributed by atoms with Gasteiger partial charge in [0.1, 0.15) is 5.84 Å². The first kappa shape index (κ1) is 13.8. The van der Waals surface area contributed by atoms with Gasteiger partial charge in [-0.05, 0) is 19.1 Å². The molecule has 1 aromatic carbocycles. The summed E-state index contributed by atoms with van der Waals surface area (Å²) >= 11 is 0. The van der Waals surface area contributed by atoms with Crippen molar-refractivity contribution in [2.75, 3.05) is 11.4 Å². The van der Waals surface area contributed by atoms with Gasteiger partial charge in [0.15, 0.2) is 5.82 Å². The third kappa shape index (κ3) is 3.23. The average molecular weight is 271 g/mol. The van der Waals surface area contributed by atoms with Gasteiger partial charge in [-0.25, -0.2) is 4.98 Å². The Balaban J connectivity index is 2.32. The molecule has 0 saturated carbocycles. The third-order valence-electron chi connectivity index (χ3n) is 2.90. The van der Waals surface area contributed by atoms with Crippen molar-refractivity contribution in [3.05, 3.63) is 48.4 Å². The molecular weight excluding hydrogens is 254 g/mol. The van der Waals surface area contributed by atoms with E-state index >= 15 is 0 Å². The SMILES string of the molecule is Cc1nccnc1N(CC/C(N)=N/O)c1ccccc1. The van der Waals surface area contributed by atoms with Crippen LogP contribution in [0.3, 0.4) is 0 Å². The number of aryl methyl sites for hydroxylation is 1. The summed E-state index contributed by atoms with van der Waals surface area (Å²) in [4.78, 5) is 10.6. The molecule has 1 heterocycles. The molecule has 6 nitrogen and oxygen atoms in total. The summed E-state index contributed by atoms with van der Waals surface area (Å²) in [5.74, 6) is 0.955. The molecule has 2 aromatic rings. The number of hydrogen-bond donors (Lipinski definition) is 2. The summed E-state index contributed by atoms with van der Waals surface area (Å²) < 4.78 is 0. The van der Waals surface area contributed by atoms with Gasteiger partial charge >= 0.3 is 0 Å². The number of hydrogen-bond acceptors (Lipinski definition) is 5. The Hall–Kier alpha value is -2.63. The predicted molar refractivity (Wildman–Crippen MR) is 78.2 cm³/mol. The second-order valence-electron chi connectivity index (χ2n) is 4.29. The maximum absolute atomic E-state index is 8.66. The van der Waals surface area contributed by atoms with Crippen LogP contribution in [0.25, 0.3) is 0 Å². The predicted octanol–water partition coefficient (Wildman–Crippen LogP) is 2.06. The molecule has 0 saturated heterocycles. The summed E-state index contributed by atoms with van der Waals surface area (Å²) in [6, 6.07) is 9.84. The molecule has 3 N–H and O–H groups in total. The molecule has 0 aliphatic heterocycles. The third-order valence-corrected chi connectivity index (χ3v) is 2.90. The fourth-order valence-corrected chi connectivity index (χ4v) is 1.91. The number of aromatic nitrogens is 2. The van der Waals surface area contributed by atoms with Crippen LogP contribution in [0.1, 0.15) is 12.1 Å². The topological polar surface area (TPSA) is 87.6 Å². The van der Waals surface area contributed by atoms with Crippen LogP contribution >= 0.6 is 0 Å². The fraction of sp³-hybridized carbons (Fsp3) is 0.214. The van der Waals surface area contributed by atoms with Gasteiger partial charge in [0, 0.05) is 31.0 Å². The van der Waals surface area contributed by atoms with Gasteiger partial charge in [0.2, 0.25) is 0 Å². The summed E-state index contributed by atoms with van der Waals surface area (Å²) in [7, 11) is 0. The van der Waals surface area contributed by atoms with Crippen LogP contribution in [-0.4, -0.2) is 27.6 Å². The van der Waals surface area contributed by atoms with E-state index in [4.69, 9.17) is 10.9 Å². The van der Waals surface area contributed by atoms with Gasteiger partial charge < -0.3 is 15.8 Å². The molecule has 0 aliphatic rings. The highest BCUT2D eigenvalue weighted by atomic mass is 16.4. The van der Waals surface area contributed by atoms with E-state index in [0.717, 1.165) is 17.2 Å². The van der Waals surface area contributed by atoms with Crippen molar-refractivity contribution >= 4 is 17.3 Å². The van der Waals surface area contributed by atoms with Crippen molar-refractivity contribution < 1.29 is 5.21 Å². The van der Waals surface area contributed by atoms with E-state index in [1.54, 1.807) is 12.4 Å². The number of nitrogens with zero attached hydrogens (tertiary/aromatic N) is 4. The van der Waals surface area contributed by atoms with Crippen molar-refractivity contribution in [2.45, 2.75) is 13.3 Å². The summed E-state index contributed by atoms with van der Waals surface area (Å²) in [6.45, 7) is 2.46. The highest BCUT2D eigenvalue weighted by molar-refractivity contribution is 5.80. The minimum absolute atomic E-state index is 0.187. The number of anilines is 2.